The highest BCUT2D eigenvalue weighted by atomic mass is 32.1. The fourth-order valence-corrected chi connectivity index (χ4v) is 5.19. The number of thiazole rings is 1. The van der Waals surface area contributed by atoms with Gasteiger partial charge in [-0.25, -0.2) is 9.37 Å². The van der Waals surface area contributed by atoms with Crippen LogP contribution < -0.4 is 14.4 Å². The molecule has 3 aromatic carbocycles. The molecule has 1 aliphatic rings. The zero-order valence-electron chi connectivity index (χ0n) is 19.7. The minimum Gasteiger partial charge on any atom is -0.507 e. The summed E-state index contributed by atoms with van der Waals surface area (Å²) < 4.78 is 25.2. The molecule has 1 unspecified atom stereocenters. The highest BCUT2D eigenvalue weighted by molar-refractivity contribution is 7.22. The Morgan fingerprint density at radius 3 is 2.65 bits per heavy atom. The SMILES string of the molecule is C=CCOc1cccc(C2C(=C(O)c3ccc(OC)cc3)C(=O)C(=O)N2c2nc3ccc(F)cc3s2)c1. The Bertz CT molecular complexity index is 1560. The van der Waals surface area contributed by atoms with Gasteiger partial charge in [-0.05, 0) is 60.2 Å². The first-order valence-corrected chi connectivity index (χ1v) is 12.1. The molecule has 0 bridgehead atoms. The second kappa shape index (κ2) is 9.87. The van der Waals surface area contributed by atoms with Crippen molar-refractivity contribution in [3.05, 3.63) is 102 Å². The first-order valence-electron chi connectivity index (χ1n) is 11.3. The predicted octanol–water partition coefficient (Wildman–Crippen LogP) is 5.64. The molecule has 0 radical (unpaired) electrons. The summed E-state index contributed by atoms with van der Waals surface area (Å²) in [6.45, 7) is 3.91. The molecule has 0 spiro atoms. The molecule has 1 aromatic heterocycles. The van der Waals surface area contributed by atoms with E-state index in [4.69, 9.17) is 9.47 Å². The maximum absolute atomic E-state index is 13.8. The van der Waals surface area contributed by atoms with Crippen molar-refractivity contribution in [3.8, 4) is 11.5 Å². The molecule has 4 aromatic rings. The van der Waals surface area contributed by atoms with Crippen LogP contribution in [0.3, 0.4) is 0 Å². The summed E-state index contributed by atoms with van der Waals surface area (Å²) in [6.07, 6.45) is 1.60. The van der Waals surface area contributed by atoms with Gasteiger partial charge in [0.2, 0.25) is 0 Å². The monoisotopic (exact) mass is 516 g/mol. The van der Waals surface area contributed by atoms with Gasteiger partial charge in [0.25, 0.3) is 5.78 Å². The number of anilines is 1. The number of rotatable bonds is 7. The number of hydrogen-bond donors (Lipinski definition) is 1. The van der Waals surface area contributed by atoms with Gasteiger partial charge in [0.1, 0.15) is 29.7 Å². The van der Waals surface area contributed by atoms with Gasteiger partial charge in [0.05, 0.1) is 28.9 Å². The van der Waals surface area contributed by atoms with E-state index in [1.54, 1.807) is 54.6 Å². The van der Waals surface area contributed by atoms with Crippen LogP contribution in [0.25, 0.3) is 16.0 Å². The number of aromatic nitrogens is 1. The first kappa shape index (κ1) is 24.2. The van der Waals surface area contributed by atoms with Crippen molar-refractivity contribution in [3.63, 3.8) is 0 Å². The number of ether oxygens (including phenoxy) is 2. The summed E-state index contributed by atoms with van der Waals surface area (Å²) in [7, 11) is 1.52. The summed E-state index contributed by atoms with van der Waals surface area (Å²) in [4.78, 5) is 32.5. The molecule has 1 atom stereocenters. The fraction of sp³-hybridized carbons (Fsp3) is 0.107. The van der Waals surface area contributed by atoms with E-state index in [0.717, 1.165) is 11.3 Å². The predicted molar refractivity (Wildman–Crippen MR) is 139 cm³/mol. The number of aliphatic hydroxyl groups is 1. The number of Topliss-reactive ketones (excluding diaryl/α,β-unsaturated/α-hetero) is 1. The summed E-state index contributed by atoms with van der Waals surface area (Å²) in [5.41, 5.74) is 1.26. The standard InChI is InChI=1S/C28H21FN2O5S/c1-3-13-36-20-6-4-5-17(14-20)24-23(25(32)16-7-10-19(35-2)11-8-16)26(33)27(34)31(24)28-30-21-12-9-18(29)15-22(21)37-28/h3-12,14-15,24,32H,1,13H2,2H3. The molecule has 186 valence electrons. The smallest absolute Gasteiger partial charge is 0.301 e. The van der Waals surface area contributed by atoms with E-state index in [2.05, 4.69) is 11.6 Å². The Hall–Kier alpha value is -4.50. The van der Waals surface area contributed by atoms with Gasteiger partial charge in [-0.1, -0.05) is 36.1 Å². The van der Waals surface area contributed by atoms with Crippen LogP contribution in [-0.4, -0.2) is 35.5 Å². The number of nitrogens with zero attached hydrogens (tertiary/aromatic N) is 2. The van der Waals surface area contributed by atoms with Gasteiger partial charge >= 0.3 is 5.91 Å². The van der Waals surface area contributed by atoms with Crippen LogP contribution in [0.4, 0.5) is 9.52 Å². The van der Waals surface area contributed by atoms with E-state index in [1.807, 2.05) is 0 Å². The number of amides is 1. The molecule has 0 aliphatic carbocycles. The molecule has 37 heavy (non-hydrogen) atoms. The molecule has 1 saturated heterocycles. The highest BCUT2D eigenvalue weighted by Gasteiger charge is 2.48. The van der Waals surface area contributed by atoms with Crippen LogP contribution >= 0.6 is 11.3 Å². The normalized spacial score (nSPS) is 16.8. The maximum atomic E-state index is 13.8. The molecular formula is C28H21FN2O5S. The topological polar surface area (TPSA) is 89.0 Å². The zero-order chi connectivity index (χ0) is 26.1. The average molecular weight is 517 g/mol. The van der Waals surface area contributed by atoms with Crippen LogP contribution in [0.2, 0.25) is 0 Å². The Balaban J connectivity index is 1.70. The largest absolute Gasteiger partial charge is 0.507 e. The quantitative estimate of drug-likeness (QED) is 0.148. The number of halogens is 1. The van der Waals surface area contributed by atoms with Crippen molar-refractivity contribution in [1.29, 1.82) is 0 Å². The molecule has 2 heterocycles. The second-order valence-electron chi connectivity index (χ2n) is 8.18. The van der Waals surface area contributed by atoms with Crippen molar-refractivity contribution < 1.29 is 28.6 Å². The molecule has 0 saturated carbocycles. The second-order valence-corrected chi connectivity index (χ2v) is 9.19. The third-order valence-electron chi connectivity index (χ3n) is 5.89. The van der Waals surface area contributed by atoms with Crippen molar-refractivity contribution in [2.45, 2.75) is 6.04 Å². The Morgan fingerprint density at radius 2 is 1.92 bits per heavy atom. The Kier molecular flexibility index (Phi) is 6.45. The number of carbonyl (C=O) groups excluding carboxylic acids is 2. The van der Waals surface area contributed by atoms with Crippen molar-refractivity contribution in [2.75, 3.05) is 18.6 Å². The summed E-state index contributed by atoms with van der Waals surface area (Å²) in [5, 5.41) is 11.5. The summed E-state index contributed by atoms with van der Waals surface area (Å²) in [6, 6.07) is 16.5. The molecular weight excluding hydrogens is 495 g/mol. The minimum atomic E-state index is -1.00. The molecule has 1 fully saturated rings. The zero-order valence-corrected chi connectivity index (χ0v) is 20.5. The lowest BCUT2D eigenvalue weighted by Gasteiger charge is -2.23. The van der Waals surface area contributed by atoms with Gasteiger partial charge in [-0.15, -0.1) is 0 Å². The number of hydrogen-bond acceptors (Lipinski definition) is 7. The lowest BCUT2D eigenvalue weighted by Crippen LogP contribution is -2.29. The molecule has 1 aliphatic heterocycles. The Labute approximate surface area is 215 Å². The fourth-order valence-electron chi connectivity index (χ4n) is 4.17. The third-order valence-corrected chi connectivity index (χ3v) is 6.91. The van der Waals surface area contributed by atoms with E-state index in [-0.39, 0.29) is 23.1 Å². The first-order chi connectivity index (χ1) is 17.9. The van der Waals surface area contributed by atoms with Crippen LogP contribution in [0.5, 0.6) is 11.5 Å². The summed E-state index contributed by atoms with van der Waals surface area (Å²) in [5.74, 6) is -1.41. The van der Waals surface area contributed by atoms with E-state index >= 15 is 0 Å². The molecule has 7 nitrogen and oxygen atoms in total. The minimum absolute atomic E-state index is 0.0959. The van der Waals surface area contributed by atoms with Crippen molar-refractivity contribution in [2.24, 2.45) is 0 Å². The molecule has 9 heteroatoms. The van der Waals surface area contributed by atoms with Gasteiger partial charge in [0, 0.05) is 5.56 Å². The number of ketones is 1. The van der Waals surface area contributed by atoms with E-state index in [0.29, 0.717) is 32.8 Å². The number of aliphatic hydroxyl groups excluding tert-OH is 1. The molecule has 1 N–H and O–H groups in total. The van der Waals surface area contributed by atoms with Crippen molar-refractivity contribution in [1.82, 2.24) is 4.98 Å². The Morgan fingerprint density at radius 1 is 1.14 bits per heavy atom. The van der Waals surface area contributed by atoms with Crippen LogP contribution in [0, 0.1) is 5.82 Å². The van der Waals surface area contributed by atoms with Gasteiger partial charge in [-0.2, -0.15) is 0 Å². The highest BCUT2D eigenvalue weighted by Crippen LogP contribution is 2.45. The van der Waals surface area contributed by atoms with Crippen LogP contribution in [-0.2, 0) is 9.59 Å². The number of benzene rings is 3. The van der Waals surface area contributed by atoms with Crippen molar-refractivity contribution >= 4 is 44.1 Å². The lowest BCUT2D eigenvalue weighted by molar-refractivity contribution is -0.132. The average Bonchev–Trinajstić information content (AvgIpc) is 3.44. The number of methoxy groups -OCH3 is 1. The number of fused-ring (bicyclic) bond motifs is 1. The van der Waals surface area contributed by atoms with Gasteiger partial charge in [0.15, 0.2) is 5.13 Å². The summed E-state index contributed by atoms with van der Waals surface area (Å²) >= 11 is 1.08. The maximum Gasteiger partial charge on any atom is 0.301 e. The van der Waals surface area contributed by atoms with E-state index in [1.165, 1.54) is 30.2 Å². The van der Waals surface area contributed by atoms with Gasteiger partial charge < -0.3 is 14.6 Å². The number of carbonyl (C=O) groups is 2. The van der Waals surface area contributed by atoms with E-state index < -0.39 is 23.5 Å². The van der Waals surface area contributed by atoms with Crippen LogP contribution in [0.15, 0.2) is 85.0 Å². The van der Waals surface area contributed by atoms with Gasteiger partial charge in [-0.3, -0.25) is 14.5 Å². The third kappa shape index (κ3) is 4.45. The lowest BCUT2D eigenvalue weighted by atomic mass is 9.95. The van der Waals surface area contributed by atoms with Crippen LogP contribution in [0.1, 0.15) is 17.2 Å². The molecule has 5 rings (SSSR count). The van der Waals surface area contributed by atoms with E-state index in [9.17, 15) is 19.1 Å². The molecule has 1 amide bonds.